The first-order valence-electron chi connectivity index (χ1n) is 10.6. The molecule has 0 saturated carbocycles. The van der Waals surface area contributed by atoms with Crippen molar-refractivity contribution in [3.63, 3.8) is 0 Å². The van der Waals surface area contributed by atoms with Gasteiger partial charge in [0.1, 0.15) is 5.75 Å². The minimum absolute atomic E-state index is 0. The van der Waals surface area contributed by atoms with Gasteiger partial charge in [0.05, 0.1) is 16.2 Å². The van der Waals surface area contributed by atoms with Gasteiger partial charge in [0.15, 0.2) is 0 Å². The van der Waals surface area contributed by atoms with E-state index in [9.17, 15) is 13.0 Å². The second-order valence-electron chi connectivity index (χ2n) is 7.54. The van der Waals surface area contributed by atoms with E-state index in [4.69, 9.17) is 4.74 Å². The molecule has 0 aliphatic rings. The molecule has 0 aliphatic carbocycles. The average molecular weight is 421 g/mol. The quantitative estimate of drug-likeness (QED) is 0.249. The van der Waals surface area contributed by atoms with E-state index in [1.54, 1.807) is 0 Å². The van der Waals surface area contributed by atoms with Gasteiger partial charge < -0.3 is 9.29 Å². The van der Waals surface area contributed by atoms with Crippen LogP contribution in [0.3, 0.4) is 0 Å². The van der Waals surface area contributed by atoms with Gasteiger partial charge in [-0.2, -0.15) is 0 Å². The Morgan fingerprint density at radius 2 is 1.57 bits per heavy atom. The van der Waals surface area contributed by atoms with Gasteiger partial charge in [-0.05, 0) is 56.2 Å². The van der Waals surface area contributed by atoms with E-state index in [0.29, 0.717) is 0 Å². The summed E-state index contributed by atoms with van der Waals surface area (Å²) in [5.74, 6) is 0.454. The van der Waals surface area contributed by atoms with E-state index < -0.39 is 10.1 Å². The smallest absolute Gasteiger partial charge is 0.748 e. The van der Waals surface area contributed by atoms with Crippen LogP contribution in [0.2, 0.25) is 0 Å². The molecule has 1 atom stereocenters. The molecule has 0 aliphatic heterocycles. The largest absolute Gasteiger partial charge is 1.00 e. The van der Waals surface area contributed by atoms with Crippen molar-refractivity contribution < 1.29 is 47.3 Å². The Morgan fingerprint density at radius 3 is 2.14 bits per heavy atom. The van der Waals surface area contributed by atoms with Crippen LogP contribution in [-0.4, -0.2) is 24.8 Å². The number of benzene rings is 1. The summed E-state index contributed by atoms with van der Waals surface area (Å²) >= 11 is 0. The maximum absolute atomic E-state index is 10.8. The van der Waals surface area contributed by atoms with E-state index in [1.807, 2.05) is 13.0 Å². The van der Waals surface area contributed by atoms with Gasteiger partial charge in [0.2, 0.25) is 0 Å². The standard InChI is InChI=1S/C22H38O4S.Na/c1-4-6-8-10-12-20-14-15-22(21(18-20)13-11-9-7-5-2)26-19(3)16-17-27(23,24)25;/h14-15,18-19H,4-13,16-17H2,1-3H3,(H,23,24,25);/q;+1/p-1. The summed E-state index contributed by atoms with van der Waals surface area (Å²) in [6.07, 6.45) is 11.8. The van der Waals surface area contributed by atoms with Gasteiger partial charge in [0, 0.05) is 5.75 Å². The van der Waals surface area contributed by atoms with Crippen molar-refractivity contribution in [1.82, 2.24) is 0 Å². The van der Waals surface area contributed by atoms with Crippen LogP contribution in [0, 0.1) is 0 Å². The Balaban J connectivity index is 0.00000729. The molecule has 1 aromatic rings. The van der Waals surface area contributed by atoms with E-state index >= 15 is 0 Å². The summed E-state index contributed by atoms with van der Waals surface area (Å²) in [4.78, 5) is 0. The zero-order valence-corrected chi connectivity index (χ0v) is 21.2. The summed E-state index contributed by atoms with van der Waals surface area (Å²) in [5.41, 5.74) is 2.55. The Kier molecular flexibility index (Phi) is 15.7. The van der Waals surface area contributed by atoms with Crippen LogP contribution in [0.5, 0.6) is 5.75 Å². The zero-order valence-electron chi connectivity index (χ0n) is 18.3. The summed E-state index contributed by atoms with van der Waals surface area (Å²) in [5, 5.41) is 0. The minimum Gasteiger partial charge on any atom is -0.748 e. The third-order valence-electron chi connectivity index (χ3n) is 4.85. The summed E-state index contributed by atoms with van der Waals surface area (Å²) in [6, 6.07) is 6.39. The maximum atomic E-state index is 10.8. The monoisotopic (exact) mass is 420 g/mol. The first kappa shape index (κ1) is 27.9. The van der Waals surface area contributed by atoms with Gasteiger partial charge in [-0.15, -0.1) is 0 Å². The molecule has 0 spiro atoms. The number of hydrogen-bond donors (Lipinski definition) is 0. The average Bonchev–Trinajstić information content (AvgIpc) is 2.62. The van der Waals surface area contributed by atoms with Crippen molar-refractivity contribution in [3.8, 4) is 5.75 Å². The van der Waals surface area contributed by atoms with Gasteiger partial charge in [0.25, 0.3) is 0 Å². The van der Waals surface area contributed by atoms with Crippen LogP contribution in [0.15, 0.2) is 18.2 Å². The molecule has 1 rings (SSSR count). The fourth-order valence-corrected chi connectivity index (χ4v) is 3.80. The molecule has 156 valence electrons. The molecule has 28 heavy (non-hydrogen) atoms. The Hall–Kier alpha value is -0.0700. The molecule has 0 saturated heterocycles. The molecule has 0 bridgehead atoms. The molecular formula is C22H37NaO4S. The first-order valence-corrected chi connectivity index (χ1v) is 12.2. The molecule has 0 heterocycles. The third-order valence-corrected chi connectivity index (χ3v) is 5.58. The predicted molar refractivity (Wildman–Crippen MR) is 111 cm³/mol. The van der Waals surface area contributed by atoms with E-state index in [0.717, 1.165) is 25.0 Å². The molecule has 6 heteroatoms. The molecule has 0 fully saturated rings. The van der Waals surface area contributed by atoms with Crippen LogP contribution in [0.25, 0.3) is 0 Å². The topological polar surface area (TPSA) is 66.4 Å². The number of unbranched alkanes of at least 4 members (excludes halogenated alkanes) is 6. The molecule has 0 N–H and O–H groups in total. The van der Waals surface area contributed by atoms with Crippen LogP contribution in [0.1, 0.15) is 89.7 Å². The predicted octanol–water partition coefficient (Wildman–Crippen LogP) is 2.64. The molecule has 0 aromatic heterocycles. The number of rotatable bonds is 15. The van der Waals surface area contributed by atoms with Crippen LogP contribution in [-0.2, 0) is 23.0 Å². The van der Waals surface area contributed by atoms with Gasteiger partial charge >= 0.3 is 29.6 Å². The first-order chi connectivity index (χ1) is 12.9. The SMILES string of the molecule is CCCCCCc1ccc(OC(C)CCS(=O)(=O)[O-])c(CCCCCC)c1.[Na+]. The minimum atomic E-state index is -4.19. The van der Waals surface area contributed by atoms with Gasteiger partial charge in [-0.1, -0.05) is 64.5 Å². The van der Waals surface area contributed by atoms with Crippen molar-refractivity contribution in [2.45, 2.75) is 97.5 Å². The maximum Gasteiger partial charge on any atom is 1.00 e. The normalized spacial score (nSPS) is 12.4. The number of aryl methyl sites for hydroxylation is 2. The van der Waals surface area contributed by atoms with E-state index in [-0.39, 0.29) is 47.8 Å². The van der Waals surface area contributed by atoms with Gasteiger partial charge in [-0.3, -0.25) is 0 Å². The molecule has 1 unspecified atom stereocenters. The van der Waals surface area contributed by atoms with Crippen LogP contribution in [0.4, 0.5) is 0 Å². The fourth-order valence-electron chi connectivity index (χ4n) is 3.18. The zero-order chi connectivity index (χ0) is 20.1. The van der Waals surface area contributed by atoms with Crippen molar-refractivity contribution in [2.75, 3.05) is 5.75 Å². The molecule has 4 nitrogen and oxygen atoms in total. The van der Waals surface area contributed by atoms with Crippen molar-refractivity contribution >= 4 is 10.1 Å². The molecular weight excluding hydrogens is 383 g/mol. The van der Waals surface area contributed by atoms with Crippen LogP contribution >= 0.6 is 0 Å². The van der Waals surface area contributed by atoms with Crippen molar-refractivity contribution in [3.05, 3.63) is 29.3 Å². The third kappa shape index (κ3) is 13.2. The van der Waals surface area contributed by atoms with Crippen molar-refractivity contribution in [2.24, 2.45) is 0 Å². The molecule has 0 radical (unpaired) electrons. The second-order valence-corrected chi connectivity index (χ2v) is 9.07. The second kappa shape index (κ2) is 15.7. The molecule has 0 amide bonds. The van der Waals surface area contributed by atoms with E-state index in [1.165, 1.54) is 56.1 Å². The summed E-state index contributed by atoms with van der Waals surface area (Å²) < 4.78 is 38.5. The van der Waals surface area contributed by atoms with Crippen LogP contribution < -0.4 is 34.3 Å². The molecule has 1 aromatic carbocycles. The fraction of sp³-hybridized carbons (Fsp3) is 0.727. The number of hydrogen-bond acceptors (Lipinski definition) is 4. The number of ether oxygens (including phenoxy) is 1. The summed E-state index contributed by atoms with van der Waals surface area (Å²) in [7, 11) is -4.19. The van der Waals surface area contributed by atoms with E-state index in [2.05, 4.69) is 26.0 Å². The Labute approximate surface area is 194 Å². The van der Waals surface area contributed by atoms with Crippen molar-refractivity contribution in [1.29, 1.82) is 0 Å². The Bertz CT molecular complexity index is 631. The Morgan fingerprint density at radius 1 is 0.964 bits per heavy atom. The summed E-state index contributed by atoms with van der Waals surface area (Å²) in [6.45, 7) is 6.25. The van der Waals surface area contributed by atoms with Gasteiger partial charge in [-0.25, -0.2) is 8.42 Å².